The van der Waals surface area contributed by atoms with Crippen molar-refractivity contribution >= 4 is 29.5 Å². The molecule has 2 amide bonds. The molecule has 1 saturated heterocycles. The molecule has 21 heavy (non-hydrogen) atoms. The number of rotatable bonds is 4. The predicted molar refractivity (Wildman–Crippen MR) is 76.5 cm³/mol. The molecule has 4 N–H and O–H groups in total. The van der Waals surface area contributed by atoms with Crippen molar-refractivity contribution in [3.05, 3.63) is 35.9 Å². The first kappa shape index (κ1) is 14.7. The maximum Gasteiger partial charge on any atom is 0.328 e. The fourth-order valence-electron chi connectivity index (χ4n) is 1.87. The first-order chi connectivity index (χ1) is 10.0. The molecule has 0 saturated carbocycles. The van der Waals surface area contributed by atoms with Crippen LogP contribution >= 0.6 is 0 Å². The summed E-state index contributed by atoms with van der Waals surface area (Å²) in [7, 11) is 0. The lowest BCUT2D eigenvalue weighted by molar-refractivity contribution is -0.131. The van der Waals surface area contributed by atoms with Gasteiger partial charge in [0.05, 0.1) is 6.54 Å². The summed E-state index contributed by atoms with van der Waals surface area (Å²) in [6.07, 6.45) is 2.47. The molecule has 2 rings (SSSR count). The molecule has 0 spiro atoms. The predicted octanol–water partition coefficient (Wildman–Crippen LogP) is -0.189. The maximum atomic E-state index is 12.0. The molecule has 0 bridgehead atoms. The van der Waals surface area contributed by atoms with Crippen molar-refractivity contribution in [2.75, 3.05) is 18.4 Å². The average Bonchev–Trinajstić information content (AvgIpc) is 2.46. The van der Waals surface area contributed by atoms with Crippen LogP contribution in [0.15, 0.2) is 30.3 Å². The Morgan fingerprint density at radius 2 is 2.19 bits per heavy atom. The maximum absolute atomic E-state index is 12.0. The van der Waals surface area contributed by atoms with Gasteiger partial charge in [-0.05, 0) is 23.8 Å². The number of piperazine rings is 1. The van der Waals surface area contributed by atoms with Crippen LogP contribution in [0.4, 0.5) is 5.69 Å². The van der Waals surface area contributed by atoms with Gasteiger partial charge in [-0.15, -0.1) is 0 Å². The van der Waals surface area contributed by atoms with E-state index in [9.17, 15) is 14.4 Å². The van der Waals surface area contributed by atoms with E-state index in [-0.39, 0.29) is 24.9 Å². The lowest BCUT2D eigenvalue weighted by Gasteiger charge is -2.23. The monoisotopic (exact) mass is 289 g/mol. The third-order valence-corrected chi connectivity index (χ3v) is 2.90. The lowest BCUT2D eigenvalue weighted by Crippen LogP contribution is -2.56. The van der Waals surface area contributed by atoms with Crippen molar-refractivity contribution in [3.63, 3.8) is 0 Å². The number of carboxylic acids is 1. The third-order valence-electron chi connectivity index (χ3n) is 2.90. The zero-order valence-electron chi connectivity index (χ0n) is 11.1. The van der Waals surface area contributed by atoms with Crippen molar-refractivity contribution in [2.24, 2.45) is 0 Å². The van der Waals surface area contributed by atoms with Gasteiger partial charge >= 0.3 is 5.97 Å². The number of benzene rings is 1. The molecule has 110 valence electrons. The molecule has 7 heteroatoms. The van der Waals surface area contributed by atoms with Gasteiger partial charge in [0.2, 0.25) is 11.8 Å². The Hall–Kier alpha value is -2.67. The van der Waals surface area contributed by atoms with Crippen molar-refractivity contribution in [1.29, 1.82) is 0 Å². The Morgan fingerprint density at radius 3 is 2.86 bits per heavy atom. The summed E-state index contributed by atoms with van der Waals surface area (Å²) in [4.78, 5) is 33.5. The van der Waals surface area contributed by atoms with E-state index in [1.807, 2.05) is 0 Å². The van der Waals surface area contributed by atoms with E-state index in [2.05, 4.69) is 16.0 Å². The number of hydrogen-bond donors (Lipinski definition) is 4. The number of nitrogens with one attached hydrogen (secondary N) is 3. The molecule has 0 aliphatic carbocycles. The highest BCUT2D eigenvalue weighted by Crippen LogP contribution is 2.12. The van der Waals surface area contributed by atoms with Crippen LogP contribution in [0.5, 0.6) is 0 Å². The van der Waals surface area contributed by atoms with E-state index in [4.69, 9.17) is 5.11 Å². The van der Waals surface area contributed by atoms with E-state index in [1.165, 1.54) is 6.08 Å². The highest BCUT2D eigenvalue weighted by Gasteiger charge is 2.23. The van der Waals surface area contributed by atoms with Crippen LogP contribution in [-0.2, 0) is 14.4 Å². The SMILES string of the molecule is O=C(O)/C=C/c1cccc(NC(=O)C2CNC(=O)CN2)c1. The van der Waals surface area contributed by atoms with Crippen molar-refractivity contribution < 1.29 is 19.5 Å². The van der Waals surface area contributed by atoms with Gasteiger partial charge in [-0.25, -0.2) is 4.79 Å². The number of carbonyl (C=O) groups is 3. The number of aliphatic carboxylic acids is 1. The van der Waals surface area contributed by atoms with Gasteiger partial charge in [-0.1, -0.05) is 12.1 Å². The highest BCUT2D eigenvalue weighted by atomic mass is 16.4. The van der Waals surface area contributed by atoms with Crippen LogP contribution in [0.3, 0.4) is 0 Å². The molecular formula is C14H15N3O4. The number of carbonyl (C=O) groups excluding carboxylic acids is 2. The van der Waals surface area contributed by atoms with E-state index in [0.29, 0.717) is 11.3 Å². The van der Waals surface area contributed by atoms with Gasteiger partial charge in [-0.2, -0.15) is 0 Å². The molecule has 1 aliphatic rings. The number of anilines is 1. The second-order valence-corrected chi connectivity index (χ2v) is 4.52. The topological polar surface area (TPSA) is 108 Å². The van der Waals surface area contributed by atoms with Gasteiger partial charge in [0.25, 0.3) is 0 Å². The standard InChI is InChI=1S/C14H15N3O4/c18-12-8-15-11(7-16-12)14(21)17-10-3-1-2-9(6-10)4-5-13(19)20/h1-6,11,15H,7-8H2,(H,16,18)(H,17,21)(H,19,20)/b5-4+. The number of hydrogen-bond acceptors (Lipinski definition) is 4. The van der Waals surface area contributed by atoms with Crippen molar-refractivity contribution in [1.82, 2.24) is 10.6 Å². The highest BCUT2D eigenvalue weighted by molar-refractivity contribution is 5.96. The average molecular weight is 289 g/mol. The second kappa shape index (κ2) is 6.67. The molecule has 0 aromatic heterocycles. The number of carboxylic acid groups (broad SMARTS) is 1. The minimum absolute atomic E-state index is 0.111. The quantitative estimate of drug-likeness (QED) is 0.575. The van der Waals surface area contributed by atoms with E-state index in [0.717, 1.165) is 6.08 Å². The Labute approximate surface area is 121 Å². The van der Waals surface area contributed by atoms with E-state index >= 15 is 0 Å². The fraction of sp³-hybridized carbons (Fsp3) is 0.214. The van der Waals surface area contributed by atoms with Crippen LogP contribution in [-0.4, -0.2) is 42.0 Å². The molecule has 1 atom stereocenters. The molecule has 1 aliphatic heterocycles. The fourth-order valence-corrected chi connectivity index (χ4v) is 1.87. The molecule has 1 unspecified atom stereocenters. The molecule has 7 nitrogen and oxygen atoms in total. The van der Waals surface area contributed by atoms with Crippen molar-refractivity contribution in [3.8, 4) is 0 Å². The summed E-state index contributed by atoms with van der Waals surface area (Å²) in [6, 6.07) is 6.33. The minimum atomic E-state index is -1.04. The largest absolute Gasteiger partial charge is 0.478 e. The van der Waals surface area contributed by atoms with Crippen LogP contribution in [0, 0.1) is 0 Å². The summed E-state index contributed by atoms with van der Waals surface area (Å²) in [5.74, 6) is -1.43. The first-order valence-electron chi connectivity index (χ1n) is 6.36. The van der Waals surface area contributed by atoms with Gasteiger partial charge in [0.1, 0.15) is 6.04 Å². The Kier molecular flexibility index (Phi) is 4.68. The van der Waals surface area contributed by atoms with E-state index in [1.54, 1.807) is 24.3 Å². The third kappa shape index (κ3) is 4.43. The van der Waals surface area contributed by atoms with Gasteiger partial charge in [-0.3, -0.25) is 14.9 Å². The van der Waals surface area contributed by atoms with Crippen LogP contribution in [0.25, 0.3) is 6.08 Å². The molecule has 1 aromatic carbocycles. The van der Waals surface area contributed by atoms with Gasteiger partial charge < -0.3 is 15.7 Å². The summed E-state index contributed by atoms with van der Waals surface area (Å²) < 4.78 is 0. The zero-order chi connectivity index (χ0) is 15.2. The Bertz CT molecular complexity index is 588. The Morgan fingerprint density at radius 1 is 1.38 bits per heavy atom. The van der Waals surface area contributed by atoms with Crippen LogP contribution in [0.1, 0.15) is 5.56 Å². The van der Waals surface area contributed by atoms with Crippen molar-refractivity contribution in [2.45, 2.75) is 6.04 Å². The van der Waals surface area contributed by atoms with Gasteiger partial charge in [0.15, 0.2) is 0 Å². The molecular weight excluding hydrogens is 274 g/mol. The molecule has 0 radical (unpaired) electrons. The summed E-state index contributed by atoms with van der Waals surface area (Å²) in [5, 5.41) is 16.7. The summed E-state index contributed by atoms with van der Waals surface area (Å²) in [5.41, 5.74) is 1.23. The summed E-state index contributed by atoms with van der Waals surface area (Å²) >= 11 is 0. The number of amides is 2. The normalized spacial score (nSPS) is 18.3. The Balaban J connectivity index is 1.99. The smallest absolute Gasteiger partial charge is 0.328 e. The van der Waals surface area contributed by atoms with Gasteiger partial charge in [0, 0.05) is 18.3 Å². The zero-order valence-corrected chi connectivity index (χ0v) is 11.1. The summed E-state index contributed by atoms with van der Waals surface area (Å²) in [6.45, 7) is 0.350. The van der Waals surface area contributed by atoms with E-state index < -0.39 is 12.0 Å². The minimum Gasteiger partial charge on any atom is -0.478 e. The lowest BCUT2D eigenvalue weighted by atomic mass is 10.1. The second-order valence-electron chi connectivity index (χ2n) is 4.52. The molecule has 1 fully saturated rings. The molecule has 1 aromatic rings. The first-order valence-corrected chi connectivity index (χ1v) is 6.36. The van der Waals surface area contributed by atoms with Crippen LogP contribution < -0.4 is 16.0 Å². The van der Waals surface area contributed by atoms with Crippen LogP contribution in [0.2, 0.25) is 0 Å². The molecule has 1 heterocycles.